The molecule has 2 aliphatic heterocycles. The van der Waals surface area contributed by atoms with E-state index in [1.165, 1.54) is 18.9 Å². The van der Waals surface area contributed by atoms with E-state index in [0.717, 1.165) is 74.4 Å². The number of carboxylic acids is 1. The first-order chi connectivity index (χ1) is 25.6. The lowest BCUT2D eigenvalue weighted by molar-refractivity contribution is -0.132. The first-order valence-corrected chi connectivity index (χ1v) is 19.9. The molecule has 2 amide bonds. The monoisotopic (exact) mass is 724 g/mol. The van der Waals surface area contributed by atoms with Crippen molar-refractivity contribution in [2.45, 2.75) is 104 Å². The van der Waals surface area contributed by atoms with E-state index in [1.807, 2.05) is 24.3 Å². The lowest BCUT2D eigenvalue weighted by Crippen LogP contribution is -2.43. The number of ether oxygens (including phenoxy) is 1. The molecule has 0 bridgehead atoms. The van der Waals surface area contributed by atoms with Crippen LogP contribution in [0.15, 0.2) is 66.7 Å². The van der Waals surface area contributed by atoms with Crippen molar-refractivity contribution in [1.29, 1.82) is 0 Å². The van der Waals surface area contributed by atoms with Crippen molar-refractivity contribution in [3.63, 3.8) is 0 Å². The number of hydrogen-bond acceptors (Lipinski definition) is 6. The molecule has 3 N–H and O–H groups in total. The van der Waals surface area contributed by atoms with Crippen LogP contribution in [0.1, 0.15) is 131 Å². The molecule has 5 rings (SSSR count). The molecular formula is C44H60N4O5. The van der Waals surface area contributed by atoms with Crippen LogP contribution in [-0.4, -0.2) is 55.7 Å². The summed E-state index contributed by atoms with van der Waals surface area (Å²) in [7, 11) is 0. The highest BCUT2D eigenvalue weighted by Crippen LogP contribution is 2.36. The van der Waals surface area contributed by atoms with Gasteiger partial charge >= 0.3 is 5.97 Å². The fraction of sp³-hybridized carbons (Fsp3) is 0.523. The van der Waals surface area contributed by atoms with Crippen molar-refractivity contribution in [1.82, 2.24) is 10.6 Å². The molecule has 53 heavy (non-hydrogen) atoms. The van der Waals surface area contributed by atoms with Gasteiger partial charge in [0.2, 0.25) is 11.8 Å². The van der Waals surface area contributed by atoms with E-state index >= 15 is 0 Å². The number of carbonyl (C=O) groups is 3. The number of aromatic carboxylic acids is 1. The van der Waals surface area contributed by atoms with E-state index < -0.39 is 23.7 Å². The van der Waals surface area contributed by atoms with Crippen LogP contribution in [0.5, 0.6) is 5.75 Å². The minimum absolute atomic E-state index is 0.0172. The second-order valence-corrected chi connectivity index (χ2v) is 15.5. The number of hydrogen-bond donors (Lipinski definition) is 3. The normalized spacial score (nSPS) is 16.1. The van der Waals surface area contributed by atoms with E-state index in [-0.39, 0.29) is 41.8 Å². The fourth-order valence-corrected chi connectivity index (χ4v) is 7.98. The Bertz CT molecular complexity index is 1590. The van der Waals surface area contributed by atoms with Crippen LogP contribution in [-0.2, 0) is 9.59 Å². The van der Waals surface area contributed by atoms with Gasteiger partial charge in [-0.3, -0.25) is 9.59 Å². The van der Waals surface area contributed by atoms with Gasteiger partial charge in [0.25, 0.3) is 0 Å². The fourth-order valence-electron chi connectivity index (χ4n) is 7.98. The molecule has 9 nitrogen and oxygen atoms in total. The average Bonchev–Trinajstić information content (AvgIpc) is 3.15. The maximum atomic E-state index is 14.8. The Morgan fingerprint density at radius 2 is 1.13 bits per heavy atom. The molecule has 2 saturated heterocycles. The number of rotatable bonds is 16. The van der Waals surface area contributed by atoms with Gasteiger partial charge in [-0.15, -0.1) is 0 Å². The smallest absolute Gasteiger partial charge is 0.339 e. The molecule has 0 aliphatic carbocycles. The van der Waals surface area contributed by atoms with Crippen molar-refractivity contribution >= 4 is 29.2 Å². The Hall–Kier alpha value is -4.53. The topological polar surface area (TPSA) is 111 Å². The number of nitrogens with one attached hydrogen (secondary N) is 2. The van der Waals surface area contributed by atoms with E-state index in [1.54, 1.807) is 19.1 Å². The Morgan fingerprint density at radius 3 is 1.55 bits per heavy atom. The van der Waals surface area contributed by atoms with Gasteiger partial charge in [-0.05, 0) is 111 Å². The summed E-state index contributed by atoms with van der Waals surface area (Å²) in [4.78, 5) is 46.6. The van der Waals surface area contributed by atoms with Crippen LogP contribution in [0.2, 0.25) is 0 Å². The van der Waals surface area contributed by atoms with Crippen LogP contribution >= 0.6 is 0 Å². The zero-order chi connectivity index (χ0) is 37.9. The first-order valence-electron chi connectivity index (χ1n) is 19.9. The maximum absolute atomic E-state index is 14.8. The van der Waals surface area contributed by atoms with Gasteiger partial charge in [-0.1, -0.05) is 70.2 Å². The zero-order valence-corrected chi connectivity index (χ0v) is 32.4. The van der Waals surface area contributed by atoms with Crippen molar-refractivity contribution in [2.24, 2.45) is 11.8 Å². The van der Waals surface area contributed by atoms with Crippen molar-refractivity contribution in [3.8, 4) is 5.75 Å². The van der Waals surface area contributed by atoms with Gasteiger partial charge in [0.05, 0.1) is 18.7 Å². The molecule has 286 valence electrons. The van der Waals surface area contributed by atoms with Gasteiger partial charge < -0.3 is 30.3 Å². The summed E-state index contributed by atoms with van der Waals surface area (Å²) in [6, 6.07) is 20.5. The molecule has 2 aliphatic rings. The molecule has 3 aromatic carbocycles. The van der Waals surface area contributed by atoms with Crippen molar-refractivity contribution in [2.75, 3.05) is 42.6 Å². The minimum atomic E-state index is -1.26. The predicted octanol–water partition coefficient (Wildman–Crippen LogP) is 8.65. The van der Waals surface area contributed by atoms with Crippen LogP contribution < -0.4 is 25.2 Å². The highest BCUT2D eigenvalue weighted by atomic mass is 16.5. The summed E-state index contributed by atoms with van der Waals surface area (Å²) in [6.07, 6.45) is 8.32. The summed E-state index contributed by atoms with van der Waals surface area (Å²) in [5.41, 5.74) is 4.69. The van der Waals surface area contributed by atoms with Gasteiger partial charge in [0, 0.05) is 37.6 Å². The molecule has 0 aromatic heterocycles. The Balaban J connectivity index is 1.55. The van der Waals surface area contributed by atoms with Gasteiger partial charge in [-0.2, -0.15) is 0 Å². The molecule has 9 heteroatoms. The average molecular weight is 725 g/mol. The summed E-state index contributed by atoms with van der Waals surface area (Å²) < 4.78 is 5.77. The second-order valence-electron chi connectivity index (χ2n) is 15.5. The zero-order valence-electron chi connectivity index (χ0n) is 32.4. The third-order valence-corrected chi connectivity index (χ3v) is 10.5. The van der Waals surface area contributed by atoms with Crippen LogP contribution in [0, 0.1) is 11.8 Å². The minimum Gasteiger partial charge on any atom is -0.493 e. The molecule has 2 fully saturated rings. The van der Waals surface area contributed by atoms with E-state index in [0.29, 0.717) is 18.4 Å². The first kappa shape index (κ1) is 39.7. The van der Waals surface area contributed by atoms with Crippen LogP contribution in [0.4, 0.5) is 11.4 Å². The number of para-hydroxylation sites is 2. The van der Waals surface area contributed by atoms with E-state index in [2.05, 4.69) is 72.4 Å². The summed E-state index contributed by atoms with van der Waals surface area (Å²) in [5.74, 6) is -2.59. The predicted molar refractivity (Wildman–Crippen MR) is 213 cm³/mol. The third-order valence-electron chi connectivity index (χ3n) is 10.5. The number of carbonyl (C=O) groups excluding carboxylic acids is 2. The summed E-state index contributed by atoms with van der Waals surface area (Å²) >= 11 is 0. The van der Waals surface area contributed by atoms with E-state index in [9.17, 15) is 19.5 Å². The third kappa shape index (κ3) is 10.3. The number of piperidine rings is 2. The van der Waals surface area contributed by atoms with Crippen LogP contribution in [0.3, 0.4) is 0 Å². The SMILES string of the molecule is CCOc1cc(C(C(=O)N[C@@H](CC(C)C)c2ccccc2N2CCCCC2)C(=O)N[C@@H](CC(C)C)c2ccccc2N2CCCCC2)ccc1C(=O)O. The highest BCUT2D eigenvalue weighted by molar-refractivity contribution is 6.06. The van der Waals surface area contributed by atoms with Gasteiger partial charge in [0.1, 0.15) is 17.2 Å². The lowest BCUT2D eigenvalue weighted by Gasteiger charge is -2.34. The Labute approximate surface area is 316 Å². The summed E-state index contributed by atoms with van der Waals surface area (Å²) in [6.45, 7) is 14.5. The second kappa shape index (κ2) is 19.0. The molecule has 0 spiro atoms. The Morgan fingerprint density at radius 1 is 0.679 bits per heavy atom. The summed E-state index contributed by atoms with van der Waals surface area (Å²) in [5, 5.41) is 16.6. The molecule has 0 unspecified atom stereocenters. The molecule has 2 heterocycles. The van der Waals surface area contributed by atoms with Crippen LogP contribution in [0.25, 0.3) is 0 Å². The number of nitrogens with zero attached hydrogens (tertiary/aromatic N) is 2. The largest absolute Gasteiger partial charge is 0.493 e. The molecule has 0 saturated carbocycles. The van der Waals surface area contributed by atoms with Gasteiger partial charge in [-0.25, -0.2) is 4.79 Å². The van der Waals surface area contributed by atoms with E-state index in [4.69, 9.17) is 4.74 Å². The van der Waals surface area contributed by atoms with Crippen molar-refractivity contribution < 1.29 is 24.2 Å². The number of amides is 2. The maximum Gasteiger partial charge on any atom is 0.339 e. The molecule has 0 radical (unpaired) electrons. The van der Waals surface area contributed by atoms with Crippen molar-refractivity contribution in [3.05, 3.63) is 89.0 Å². The quantitative estimate of drug-likeness (QED) is 0.127. The molecular weight excluding hydrogens is 665 g/mol. The standard InChI is InChI=1S/C44H60N4O5/c1-6-53-40-29-32(21-22-35(40)44(51)52)41(42(49)45-36(27-30(2)3)33-17-9-11-19-38(33)47-23-13-7-14-24-47)43(50)46-37(28-31(4)5)34-18-10-12-20-39(34)48-25-15-8-16-26-48/h9-12,17-22,29-31,36-37,41H,6-8,13-16,23-28H2,1-5H3,(H,45,49)(H,46,50)(H,51,52)/t36-,37-/m0/s1. The molecule has 2 atom stereocenters. The number of benzene rings is 3. The highest BCUT2D eigenvalue weighted by Gasteiger charge is 2.35. The lowest BCUT2D eigenvalue weighted by atomic mass is 9.90. The van der Waals surface area contributed by atoms with Gasteiger partial charge in [0.15, 0.2) is 0 Å². The Kier molecular flexibility index (Phi) is 14.2. The molecule has 3 aromatic rings. The number of anilines is 2. The number of carboxylic acid groups (broad SMARTS) is 1.